The number of ether oxygens (including phenoxy) is 1. The van der Waals surface area contributed by atoms with Crippen LogP contribution in [0.5, 0.6) is 5.75 Å². The number of primary amides is 1. The fourth-order valence-electron chi connectivity index (χ4n) is 1.86. The molecule has 0 radical (unpaired) electrons. The molecule has 0 spiro atoms. The van der Waals surface area contributed by atoms with Crippen molar-refractivity contribution in [2.75, 3.05) is 11.4 Å². The lowest BCUT2D eigenvalue weighted by atomic mass is 10.2. The lowest BCUT2D eigenvalue weighted by Gasteiger charge is -2.29. The Morgan fingerprint density at radius 3 is 2.85 bits per heavy atom. The van der Waals surface area contributed by atoms with E-state index in [4.69, 9.17) is 10.5 Å². The second kappa shape index (κ2) is 5.11. The first-order chi connectivity index (χ1) is 9.43. The van der Waals surface area contributed by atoms with Crippen LogP contribution in [0.4, 0.5) is 11.6 Å². The van der Waals surface area contributed by atoms with Crippen molar-refractivity contribution in [3.8, 4) is 5.75 Å². The minimum Gasteiger partial charge on any atom is -0.474 e. The van der Waals surface area contributed by atoms with Crippen molar-refractivity contribution in [1.82, 2.24) is 4.98 Å². The van der Waals surface area contributed by atoms with Crippen molar-refractivity contribution in [3.05, 3.63) is 22.2 Å². The van der Waals surface area contributed by atoms with Crippen LogP contribution in [0.1, 0.15) is 13.3 Å². The van der Waals surface area contributed by atoms with Crippen molar-refractivity contribution in [2.24, 2.45) is 5.73 Å². The third kappa shape index (κ3) is 2.37. The van der Waals surface area contributed by atoms with Crippen molar-refractivity contribution in [3.63, 3.8) is 0 Å². The van der Waals surface area contributed by atoms with Crippen LogP contribution < -0.4 is 15.4 Å². The molecule has 2 amide bonds. The number of carbonyl (C=O) groups is 2. The van der Waals surface area contributed by atoms with Gasteiger partial charge in [-0.05, 0) is 22.4 Å². The number of pyridine rings is 1. The Kier molecular flexibility index (Phi) is 3.51. The molecule has 9 heteroatoms. The van der Waals surface area contributed by atoms with Gasteiger partial charge in [-0.2, -0.15) is 0 Å². The SMILES string of the molecule is CCC1Oc2ccc([N+](=O)[O-])nc2N(CC(N)=O)C1=O. The zero-order chi connectivity index (χ0) is 14.9. The third-order valence-electron chi connectivity index (χ3n) is 2.76. The zero-order valence-electron chi connectivity index (χ0n) is 10.6. The summed E-state index contributed by atoms with van der Waals surface area (Å²) < 4.78 is 5.41. The second-order valence-corrected chi connectivity index (χ2v) is 4.15. The van der Waals surface area contributed by atoms with Gasteiger partial charge in [-0.3, -0.25) is 14.5 Å². The number of nitrogens with zero attached hydrogens (tertiary/aromatic N) is 3. The molecule has 0 aromatic carbocycles. The molecule has 0 saturated heterocycles. The van der Waals surface area contributed by atoms with E-state index < -0.39 is 35.2 Å². The summed E-state index contributed by atoms with van der Waals surface area (Å²) in [5.41, 5.74) is 5.09. The molecule has 1 unspecified atom stereocenters. The van der Waals surface area contributed by atoms with Crippen LogP contribution in [-0.4, -0.2) is 34.4 Å². The van der Waals surface area contributed by atoms with Gasteiger partial charge in [0.15, 0.2) is 11.9 Å². The number of rotatable bonds is 4. The molecule has 106 valence electrons. The van der Waals surface area contributed by atoms with Gasteiger partial charge in [0.2, 0.25) is 5.91 Å². The average Bonchev–Trinajstić information content (AvgIpc) is 2.40. The molecular formula is C11H12N4O5. The molecule has 0 aliphatic carbocycles. The molecule has 1 aliphatic rings. The molecule has 20 heavy (non-hydrogen) atoms. The molecule has 2 rings (SSSR count). The summed E-state index contributed by atoms with van der Waals surface area (Å²) in [6, 6.07) is 2.52. The van der Waals surface area contributed by atoms with Crippen LogP contribution in [-0.2, 0) is 9.59 Å². The Bertz CT molecular complexity index is 588. The van der Waals surface area contributed by atoms with Crippen molar-refractivity contribution in [2.45, 2.75) is 19.4 Å². The molecule has 2 N–H and O–H groups in total. The summed E-state index contributed by atoms with van der Waals surface area (Å²) in [6.45, 7) is 1.34. The van der Waals surface area contributed by atoms with Gasteiger partial charge in [0.05, 0.1) is 0 Å². The second-order valence-electron chi connectivity index (χ2n) is 4.15. The van der Waals surface area contributed by atoms with Gasteiger partial charge in [-0.25, -0.2) is 0 Å². The minimum atomic E-state index is -0.759. The van der Waals surface area contributed by atoms with Gasteiger partial charge < -0.3 is 20.6 Å². The Hall–Kier alpha value is -2.71. The predicted octanol–water partition coefficient (Wildman–Crippen LogP) is -0.0209. The third-order valence-corrected chi connectivity index (χ3v) is 2.76. The normalized spacial score (nSPS) is 17.4. The van der Waals surface area contributed by atoms with Crippen molar-refractivity contribution < 1.29 is 19.2 Å². The van der Waals surface area contributed by atoms with Gasteiger partial charge >= 0.3 is 5.82 Å². The molecule has 9 nitrogen and oxygen atoms in total. The highest BCUT2D eigenvalue weighted by atomic mass is 16.6. The van der Waals surface area contributed by atoms with E-state index in [0.29, 0.717) is 6.42 Å². The van der Waals surface area contributed by atoms with E-state index in [2.05, 4.69) is 4.98 Å². The summed E-state index contributed by atoms with van der Waals surface area (Å²) >= 11 is 0. The molecule has 1 aliphatic heterocycles. The smallest absolute Gasteiger partial charge is 0.366 e. The first-order valence-corrected chi connectivity index (χ1v) is 5.85. The first kappa shape index (κ1) is 13.7. The Morgan fingerprint density at radius 1 is 1.60 bits per heavy atom. The molecule has 0 saturated carbocycles. The molecular weight excluding hydrogens is 268 g/mol. The number of nitrogens with two attached hydrogens (primary N) is 1. The lowest BCUT2D eigenvalue weighted by Crippen LogP contribution is -2.49. The number of amides is 2. The Balaban J connectivity index is 2.50. The topological polar surface area (TPSA) is 129 Å². The largest absolute Gasteiger partial charge is 0.474 e. The highest BCUT2D eigenvalue weighted by Crippen LogP contribution is 2.34. The van der Waals surface area contributed by atoms with E-state index in [1.165, 1.54) is 12.1 Å². The van der Waals surface area contributed by atoms with Crippen LogP contribution in [0.15, 0.2) is 12.1 Å². The van der Waals surface area contributed by atoms with Gasteiger partial charge in [-0.15, -0.1) is 0 Å². The summed E-state index contributed by atoms with van der Waals surface area (Å²) in [6.07, 6.45) is -0.366. The lowest BCUT2D eigenvalue weighted by molar-refractivity contribution is -0.389. The monoisotopic (exact) mass is 280 g/mol. The Labute approximate surface area is 113 Å². The molecule has 2 heterocycles. The average molecular weight is 280 g/mol. The Morgan fingerprint density at radius 2 is 2.30 bits per heavy atom. The van der Waals surface area contributed by atoms with Crippen LogP contribution in [0, 0.1) is 10.1 Å². The number of anilines is 1. The predicted molar refractivity (Wildman–Crippen MR) is 67.1 cm³/mol. The fraction of sp³-hybridized carbons (Fsp3) is 0.364. The summed E-state index contributed by atoms with van der Waals surface area (Å²) in [5, 5.41) is 10.7. The standard InChI is InChI=1S/C11H12N4O5/c1-2-6-11(17)14(5-8(12)16)10-7(20-6)3-4-9(13-10)15(18)19/h3-4,6H,2,5H2,1H3,(H2,12,16). The molecule has 0 bridgehead atoms. The zero-order valence-corrected chi connectivity index (χ0v) is 10.6. The van der Waals surface area contributed by atoms with E-state index >= 15 is 0 Å². The maximum absolute atomic E-state index is 12.1. The summed E-state index contributed by atoms with van der Waals surface area (Å²) in [7, 11) is 0. The number of carbonyl (C=O) groups excluding carboxylic acids is 2. The highest BCUT2D eigenvalue weighted by molar-refractivity contribution is 6.02. The maximum Gasteiger partial charge on any atom is 0.366 e. The summed E-state index contributed by atoms with van der Waals surface area (Å²) in [4.78, 5) is 38.0. The molecule has 0 fully saturated rings. The van der Waals surface area contributed by atoms with Crippen LogP contribution >= 0.6 is 0 Å². The fourth-order valence-corrected chi connectivity index (χ4v) is 1.86. The summed E-state index contributed by atoms with van der Waals surface area (Å²) in [5.74, 6) is -1.53. The number of aromatic nitrogens is 1. The highest BCUT2D eigenvalue weighted by Gasteiger charge is 2.38. The van der Waals surface area contributed by atoms with E-state index in [1.54, 1.807) is 6.92 Å². The molecule has 1 aromatic rings. The van der Waals surface area contributed by atoms with Gasteiger partial charge in [0, 0.05) is 6.07 Å². The van der Waals surface area contributed by atoms with Crippen LogP contribution in [0.25, 0.3) is 0 Å². The van der Waals surface area contributed by atoms with Crippen LogP contribution in [0.2, 0.25) is 0 Å². The number of nitro groups is 1. The van der Waals surface area contributed by atoms with E-state index in [-0.39, 0.29) is 11.6 Å². The first-order valence-electron chi connectivity index (χ1n) is 5.85. The van der Waals surface area contributed by atoms with Crippen LogP contribution in [0.3, 0.4) is 0 Å². The van der Waals surface area contributed by atoms with E-state index in [1.807, 2.05) is 0 Å². The molecule has 1 aromatic heterocycles. The number of hydrogen-bond donors (Lipinski definition) is 1. The number of fused-ring (bicyclic) bond motifs is 1. The van der Waals surface area contributed by atoms with Gasteiger partial charge in [0.1, 0.15) is 6.54 Å². The minimum absolute atomic E-state index is 0.0623. The quantitative estimate of drug-likeness (QED) is 0.609. The van der Waals surface area contributed by atoms with Gasteiger partial charge in [0.25, 0.3) is 11.7 Å². The van der Waals surface area contributed by atoms with Gasteiger partial charge in [-0.1, -0.05) is 6.92 Å². The number of hydrogen-bond acceptors (Lipinski definition) is 6. The van der Waals surface area contributed by atoms with E-state index in [9.17, 15) is 19.7 Å². The van der Waals surface area contributed by atoms with E-state index in [0.717, 1.165) is 4.90 Å². The van der Waals surface area contributed by atoms with Crippen molar-refractivity contribution >= 4 is 23.5 Å². The maximum atomic E-state index is 12.1. The molecule has 1 atom stereocenters. The van der Waals surface area contributed by atoms with Crippen molar-refractivity contribution in [1.29, 1.82) is 0 Å².